The number of phenols is 1. The number of primary amides is 1. The van der Waals surface area contributed by atoms with Gasteiger partial charge in [0.05, 0.1) is 9.79 Å². The van der Waals surface area contributed by atoms with E-state index in [4.69, 9.17) is 21.9 Å². The zero-order chi connectivity index (χ0) is 35.1. The molecule has 0 aliphatic rings. The first kappa shape index (κ1) is 38.8. The number of benzene rings is 2. The number of guanidine groups is 1. The predicted octanol–water partition coefficient (Wildman–Crippen LogP) is 6.37. The number of nitrogens with zero attached hydrogens (tertiary/aromatic N) is 1. The summed E-state index contributed by atoms with van der Waals surface area (Å²) in [4.78, 5) is 30.3. The van der Waals surface area contributed by atoms with E-state index in [1.165, 1.54) is 11.8 Å². The molecule has 9 nitrogen and oxygen atoms in total. The highest BCUT2D eigenvalue weighted by atomic mass is 32.2. The van der Waals surface area contributed by atoms with Crippen molar-refractivity contribution >= 4 is 29.5 Å². The smallest absolute Gasteiger partial charge is 0.258 e. The lowest BCUT2D eigenvalue weighted by molar-refractivity contribution is -0.128. The van der Waals surface area contributed by atoms with Crippen molar-refractivity contribution in [3.8, 4) is 11.5 Å². The molecule has 0 heterocycles. The summed E-state index contributed by atoms with van der Waals surface area (Å²) in [6.07, 6.45) is 2.67. The largest absolute Gasteiger partial charge is 0.507 e. The van der Waals surface area contributed by atoms with Crippen LogP contribution in [0.1, 0.15) is 106 Å². The van der Waals surface area contributed by atoms with Gasteiger partial charge in [-0.05, 0) is 82.7 Å². The van der Waals surface area contributed by atoms with Gasteiger partial charge in [0.15, 0.2) is 12.6 Å². The topological polar surface area (TPSA) is 166 Å². The molecule has 0 saturated heterocycles. The van der Waals surface area contributed by atoms with Gasteiger partial charge < -0.3 is 32.4 Å². The summed E-state index contributed by atoms with van der Waals surface area (Å²) in [5, 5.41) is 13.6. The fourth-order valence-electron chi connectivity index (χ4n) is 6.29. The molecular weight excluding hydrogens is 598 g/mol. The summed E-state index contributed by atoms with van der Waals surface area (Å²) in [7, 11) is 0. The molecule has 0 unspecified atom stereocenters. The molecule has 2 rings (SSSR count). The van der Waals surface area contributed by atoms with Crippen LogP contribution < -0.4 is 27.3 Å². The Morgan fingerprint density at radius 1 is 0.848 bits per heavy atom. The van der Waals surface area contributed by atoms with Gasteiger partial charge in [-0.3, -0.25) is 14.6 Å². The second kappa shape index (κ2) is 15.5. The van der Waals surface area contributed by atoms with Crippen molar-refractivity contribution in [2.45, 2.75) is 122 Å². The van der Waals surface area contributed by atoms with Crippen molar-refractivity contribution in [2.75, 3.05) is 13.2 Å². The summed E-state index contributed by atoms with van der Waals surface area (Å²) < 4.78 is 6.06. The van der Waals surface area contributed by atoms with Crippen LogP contribution in [0.25, 0.3) is 0 Å². The number of carbonyl (C=O) groups excluding carboxylic acids is 2. The normalized spacial score (nSPS) is 13.2. The average Bonchev–Trinajstić information content (AvgIpc) is 2.87. The third kappa shape index (κ3) is 12.8. The van der Waals surface area contributed by atoms with E-state index in [0.717, 1.165) is 28.9 Å². The summed E-state index contributed by atoms with van der Waals surface area (Å²) in [5.41, 5.74) is 18.5. The van der Waals surface area contributed by atoms with Gasteiger partial charge in [-0.1, -0.05) is 93.1 Å². The maximum absolute atomic E-state index is 12.9. The Morgan fingerprint density at radius 2 is 1.37 bits per heavy atom. The Hall–Kier alpha value is -3.40. The molecule has 2 aromatic rings. The molecule has 0 fully saturated rings. The van der Waals surface area contributed by atoms with Crippen LogP contribution in [0.5, 0.6) is 11.5 Å². The molecule has 46 heavy (non-hydrogen) atoms. The zero-order valence-corrected chi connectivity index (χ0v) is 30.4. The molecule has 0 radical (unpaired) electrons. The highest BCUT2D eigenvalue weighted by Crippen LogP contribution is 2.45. The number of hydrogen-bond acceptors (Lipinski definition) is 6. The van der Waals surface area contributed by atoms with E-state index in [1.54, 1.807) is 6.07 Å². The standard InChI is InChI=1S/C36H57N5O4S/c1-33(2,3)21-35(7,8)23-13-15-26(42)28(18-23)46-29-19-24(36(9,10)22-34(4,5)6)14-16-27(29)45-20-30(43)41-25(31(37)44)12-11-17-40-32(38)39/h13-16,18-19,25,42H,11-12,17,20-22H2,1-10H3,(H2,37,44)(H,41,43)(H4,38,39,40)/t25-/m0/s1. The molecule has 256 valence electrons. The summed E-state index contributed by atoms with van der Waals surface area (Å²) in [6, 6.07) is 10.9. The van der Waals surface area contributed by atoms with Crippen molar-refractivity contribution in [1.82, 2.24) is 5.32 Å². The highest BCUT2D eigenvalue weighted by molar-refractivity contribution is 7.99. The maximum Gasteiger partial charge on any atom is 0.258 e. The Morgan fingerprint density at radius 3 is 1.87 bits per heavy atom. The lowest BCUT2D eigenvalue weighted by Gasteiger charge is -2.33. The molecule has 10 heteroatoms. The van der Waals surface area contributed by atoms with Gasteiger partial charge >= 0.3 is 0 Å². The minimum absolute atomic E-state index is 0.0387. The van der Waals surface area contributed by atoms with Crippen LogP contribution >= 0.6 is 11.8 Å². The van der Waals surface area contributed by atoms with Crippen molar-refractivity contribution in [3.63, 3.8) is 0 Å². The fourth-order valence-corrected chi connectivity index (χ4v) is 7.30. The van der Waals surface area contributed by atoms with Crippen LogP contribution in [-0.4, -0.2) is 42.1 Å². The van der Waals surface area contributed by atoms with Gasteiger partial charge in [-0.2, -0.15) is 0 Å². The Balaban J connectivity index is 2.41. The van der Waals surface area contributed by atoms with Gasteiger partial charge in [0, 0.05) is 6.54 Å². The average molecular weight is 656 g/mol. The number of phenolic OH excluding ortho intramolecular Hbond substituents is 1. The van der Waals surface area contributed by atoms with E-state index in [0.29, 0.717) is 23.6 Å². The summed E-state index contributed by atoms with van der Waals surface area (Å²) in [5.74, 6) is -0.494. The van der Waals surface area contributed by atoms with Gasteiger partial charge in [0.25, 0.3) is 5.91 Å². The van der Waals surface area contributed by atoms with Gasteiger partial charge in [-0.25, -0.2) is 0 Å². The van der Waals surface area contributed by atoms with E-state index in [1.807, 2.05) is 18.2 Å². The van der Waals surface area contributed by atoms with Crippen molar-refractivity contribution in [3.05, 3.63) is 47.5 Å². The number of nitrogens with one attached hydrogen (secondary N) is 1. The Kier molecular flexibility index (Phi) is 13.0. The quantitative estimate of drug-likeness (QED) is 0.0844. The number of aromatic hydroxyl groups is 1. The van der Waals surface area contributed by atoms with Crippen LogP contribution in [0.3, 0.4) is 0 Å². The predicted molar refractivity (Wildman–Crippen MR) is 189 cm³/mol. The molecule has 0 saturated carbocycles. The second-order valence-electron chi connectivity index (χ2n) is 15.9. The number of amides is 2. The lowest BCUT2D eigenvalue weighted by atomic mass is 9.72. The van der Waals surface area contributed by atoms with E-state index < -0.39 is 17.9 Å². The summed E-state index contributed by atoms with van der Waals surface area (Å²) in [6.45, 7) is 22.3. The highest BCUT2D eigenvalue weighted by Gasteiger charge is 2.30. The third-order valence-electron chi connectivity index (χ3n) is 7.61. The lowest BCUT2D eigenvalue weighted by Crippen LogP contribution is -2.46. The van der Waals surface area contributed by atoms with Crippen LogP contribution in [-0.2, 0) is 20.4 Å². The molecule has 0 aromatic heterocycles. The van der Waals surface area contributed by atoms with Crippen molar-refractivity contribution < 1.29 is 19.4 Å². The zero-order valence-electron chi connectivity index (χ0n) is 29.5. The molecular formula is C36H57N5O4S. The molecule has 1 atom stereocenters. The van der Waals surface area contributed by atoms with Gasteiger partial charge in [0.1, 0.15) is 17.5 Å². The monoisotopic (exact) mass is 655 g/mol. The minimum atomic E-state index is -0.879. The van der Waals surface area contributed by atoms with Crippen LogP contribution in [0, 0.1) is 10.8 Å². The van der Waals surface area contributed by atoms with Crippen molar-refractivity contribution in [1.29, 1.82) is 0 Å². The van der Waals surface area contributed by atoms with E-state index in [-0.39, 0.29) is 46.4 Å². The van der Waals surface area contributed by atoms with Gasteiger partial charge in [-0.15, -0.1) is 0 Å². The Labute approximate surface area is 280 Å². The minimum Gasteiger partial charge on any atom is -0.507 e. The molecule has 0 aliphatic carbocycles. The first-order valence-electron chi connectivity index (χ1n) is 15.9. The molecule has 8 N–H and O–H groups in total. The molecule has 0 bridgehead atoms. The maximum atomic E-state index is 12.9. The first-order chi connectivity index (χ1) is 21.0. The van der Waals surface area contributed by atoms with Crippen LogP contribution in [0.2, 0.25) is 0 Å². The Bertz CT molecular complexity index is 1390. The molecule has 0 aliphatic heterocycles. The number of nitrogens with two attached hydrogens (primary N) is 3. The number of ether oxygens (including phenoxy) is 1. The van der Waals surface area contributed by atoms with E-state index in [2.05, 4.69) is 91.7 Å². The van der Waals surface area contributed by atoms with E-state index >= 15 is 0 Å². The molecule has 2 aromatic carbocycles. The number of hydrogen-bond donors (Lipinski definition) is 5. The van der Waals surface area contributed by atoms with Gasteiger partial charge in [0.2, 0.25) is 5.91 Å². The second-order valence-corrected chi connectivity index (χ2v) is 17.0. The third-order valence-corrected chi connectivity index (χ3v) is 8.70. The number of aliphatic imine (C=N–C) groups is 1. The number of carbonyl (C=O) groups is 2. The summed E-state index contributed by atoms with van der Waals surface area (Å²) >= 11 is 1.41. The molecule has 0 spiro atoms. The van der Waals surface area contributed by atoms with Crippen LogP contribution in [0.4, 0.5) is 0 Å². The fraction of sp³-hybridized carbons (Fsp3) is 0.583. The van der Waals surface area contributed by atoms with Crippen molar-refractivity contribution in [2.24, 2.45) is 33.0 Å². The SMILES string of the molecule is CC(C)(C)CC(C)(C)c1ccc(O)c(Sc2cc(C(C)(C)CC(C)(C)C)ccc2OCC(=O)N[C@@H](CCCN=C(N)N)C(N)=O)c1. The van der Waals surface area contributed by atoms with Crippen LogP contribution in [0.15, 0.2) is 51.2 Å². The number of rotatable bonds is 15. The first-order valence-corrected chi connectivity index (χ1v) is 16.7. The van der Waals surface area contributed by atoms with E-state index in [9.17, 15) is 14.7 Å². The molecule has 2 amide bonds.